The van der Waals surface area contributed by atoms with Crippen molar-refractivity contribution in [1.82, 2.24) is 9.38 Å². The minimum Gasteiger partial charge on any atom is -0.453 e. The fourth-order valence-electron chi connectivity index (χ4n) is 3.17. The van der Waals surface area contributed by atoms with Gasteiger partial charge in [-0.1, -0.05) is 6.07 Å². The lowest BCUT2D eigenvalue weighted by atomic mass is 10.1. The number of carbonyl (C=O) groups excluding carboxylic acids is 1. The fourth-order valence-corrected chi connectivity index (χ4v) is 3.17. The van der Waals surface area contributed by atoms with Gasteiger partial charge in [0.25, 0.3) is 0 Å². The number of amides is 1. The van der Waals surface area contributed by atoms with Crippen molar-refractivity contribution in [3.8, 4) is 11.3 Å². The van der Waals surface area contributed by atoms with Crippen LogP contribution in [0.4, 0.5) is 20.7 Å². The number of imidazole rings is 1. The van der Waals surface area contributed by atoms with Crippen LogP contribution in [0.25, 0.3) is 27.7 Å². The highest BCUT2D eigenvalue weighted by Crippen LogP contribution is 2.32. The number of hydrogen-bond acceptors (Lipinski definition) is 4. The van der Waals surface area contributed by atoms with E-state index in [2.05, 4.69) is 10.1 Å². The maximum Gasteiger partial charge on any atom is 0.411 e. The summed E-state index contributed by atoms with van der Waals surface area (Å²) in [5.41, 5.74) is 9.68. The molecule has 2 aromatic carbocycles. The summed E-state index contributed by atoms with van der Waals surface area (Å²) in [6.07, 6.45) is 1.29. The molecule has 2 heterocycles. The Bertz CT molecular complexity index is 1200. The Kier molecular flexibility index (Phi) is 3.92. The van der Waals surface area contributed by atoms with Crippen molar-refractivity contribution in [1.29, 1.82) is 0 Å². The van der Waals surface area contributed by atoms with Gasteiger partial charge in [0.15, 0.2) is 0 Å². The summed E-state index contributed by atoms with van der Waals surface area (Å²) in [6, 6.07) is 11.9. The lowest BCUT2D eigenvalue weighted by Crippen LogP contribution is -2.10. The van der Waals surface area contributed by atoms with Gasteiger partial charge in [0, 0.05) is 22.8 Å². The molecule has 27 heavy (non-hydrogen) atoms. The Labute approximate surface area is 154 Å². The van der Waals surface area contributed by atoms with Crippen LogP contribution in [0.1, 0.15) is 5.56 Å². The third-order valence-corrected chi connectivity index (χ3v) is 4.52. The zero-order chi connectivity index (χ0) is 19.1. The lowest BCUT2D eigenvalue weighted by Gasteiger charge is -2.06. The van der Waals surface area contributed by atoms with Crippen molar-refractivity contribution in [2.24, 2.45) is 0 Å². The summed E-state index contributed by atoms with van der Waals surface area (Å²) in [6.45, 7) is 1.82. The van der Waals surface area contributed by atoms with Gasteiger partial charge < -0.3 is 10.5 Å². The van der Waals surface area contributed by atoms with Gasteiger partial charge in [-0.15, -0.1) is 0 Å². The number of nitrogens with two attached hydrogens (primary N) is 1. The molecule has 0 radical (unpaired) electrons. The number of halogens is 1. The summed E-state index contributed by atoms with van der Waals surface area (Å²) in [4.78, 5) is 16.2. The van der Waals surface area contributed by atoms with Gasteiger partial charge in [-0.05, 0) is 54.3 Å². The standard InChI is InChI=1S/C20H17FN4O2/c1-11-9-13(21)4-6-15(11)17-18(22)25-8-7-12-3-5-14(23-20(26)27-2)10-16(12)19(25)24-17/h3-10H,22H2,1-2H3,(H,23,26). The summed E-state index contributed by atoms with van der Waals surface area (Å²) in [5.74, 6) is 0.163. The van der Waals surface area contributed by atoms with Crippen LogP contribution in [0.5, 0.6) is 0 Å². The van der Waals surface area contributed by atoms with Gasteiger partial charge in [-0.25, -0.2) is 14.2 Å². The summed E-state index contributed by atoms with van der Waals surface area (Å²) in [5, 5.41) is 4.42. The van der Waals surface area contributed by atoms with E-state index >= 15 is 0 Å². The number of nitrogen functional groups attached to an aromatic ring is 1. The van der Waals surface area contributed by atoms with E-state index in [0.29, 0.717) is 22.8 Å². The van der Waals surface area contributed by atoms with Crippen molar-refractivity contribution in [2.45, 2.75) is 6.92 Å². The molecule has 2 aromatic heterocycles. The van der Waals surface area contributed by atoms with E-state index in [1.807, 2.05) is 31.3 Å². The van der Waals surface area contributed by atoms with Gasteiger partial charge in [0.2, 0.25) is 0 Å². The monoisotopic (exact) mass is 364 g/mol. The first-order chi connectivity index (χ1) is 13.0. The van der Waals surface area contributed by atoms with Crippen molar-refractivity contribution in [3.63, 3.8) is 0 Å². The highest BCUT2D eigenvalue weighted by atomic mass is 19.1. The Morgan fingerprint density at radius 3 is 2.78 bits per heavy atom. The number of nitrogens with zero attached hydrogens (tertiary/aromatic N) is 2. The number of methoxy groups -OCH3 is 1. The minimum atomic E-state index is -0.549. The van der Waals surface area contributed by atoms with Gasteiger partial charge in [-0.3, -0.25) is 9.72 Å². The first kappa shape index (κ1) is 16.8. The molecule has 0 aliphatic carbocycles. The van der Waals surface area contributed by atoms with Crippen LogP contribution in [0, 0.1) is 12.7 Å². The Morgan fingerprint density at radius 2 is 2.04 bits per heavy atom. The molecule has 0 aliphatic heterocycles. The average Bonchev–Trinajstić information content (AvgIpc) is 2.98. The molecule has 1 amide bonds. The number of fused-ring (bicyclic) bond motifs is 3. The molecule has 0 saturated carbocycles. The molecule has 0 spiro atoms. The molecule has 6 nitrogen and oxygen atoms in total. The number of hydrogen-bond donors (Lipinski definition) is 2. The third kappa shape index (κ3) is 2.83. The second-order valence-corrected chi connectivity index (χ2v) is 6.23. The van der Waals surface area contributed by atoms with E-state index in [1.165, 1.54) is 19.2 Å². The highest BCUT2D eigenvalue weighted by molar-refractivity contribution is 5.99. The Morgan fingerprint density at radius 1 is 1.22 bits per heavy atom. The topological polar surface area (TPSA) is 81.6 Å². The number of anilines is 2. The van der Waals surface area contributed by atoms with Crippen LogP contribution in [-0.4, -0.2) is 22.6 Å². The molecule has 7 heteroatoms. The van der Waals surface area contributed by atoms with E-state index in [9.17, 15) is 9.18 Å². The largest absolute Gasteiger partial charge is 0.453 e. The molecule has 4 rings (SSSR count). The number of benzene rings is 2. The van der Waals surface area contributed by atoms with Crippen molar-refractivity contribution < 1.29 is 13.9 Å². The quantitative estimate of drug-likeness (QED) is 0.554. The van der Waals surface area contributed by atoms with Crippen molar-refractivity contribution >= 4 is 34.0 Å². The molecule has 3 N–H and O–H groups in total. The average molecular weight is 364 g/mol. The summed E-state index contributed by atoms with van der Waals surface area (Å²) < 4.78 is 19.9. The number of ether oxygens (including phenoxy) is 1. The molecule has 0 fully saturated rings. The van der Waals surface area contributed by atoms with Crippen molar-refractivity contribution in [3.05, 3.63) is 60.0 Å². The molecular weight excluding hydrogens is 347 g/mol. The highest BCUT2D eigenvalue weighted by Gasteiger charge is 2.16. The second-order valence-electron chi connectivity index (χ2n) is 6.23. The molecule has 4 aromatic rings. The number of pyridine rings is 1. The molecule has 0 unspecified atom stereocenters. The van der Waals surface area contributed by atoms with Gasteiger partial charge in [-0.2, -0.15) is 0 Å². The van der Waals surface area contributed by atoms with E-state index < -0.39 is 6.09 Å². The zero-order valence-corrected chi connectivity index (χ0v) is 14.8. The van der Waals surface area contributed by atoms with E-state index in [1.54, 1.807) is 16.5 Å². The van der Waals surface area contributed by atoms with Gasteiger partial charge in [0.1, 0.15) is 23.0 Å². The van der Waals surface area contributed by atoms with E-state index in [4.69, 9.17) is 10.7 Å². The van der Waals surface area contributed by atoms with Crippen LogP contribution in [0.15, 0.2) is 48.7 Å². The van der Waals surface area contributed by atoms with Gasteiger partial charge >= 0.3 is 6.09 Å². The third-order valence-electron chi connectivity index (χ3n) is 4.52. The lowest BCUT2D eigenvalue weighted by molar-refractivity contribution is 0.187. The number of nitrogens with one attached hydrogen (secondary N) is 1. The number of aryl methyl sites for hydroxylation is 1. The normalized spacial score (nSPS) is 11.1. The van der Waals surface area contributed by atoms with E-state index in [0.717, 1.165) is 21.9 Å². The molecular formula is C20H17FN4O2. The SMILES string of the molecule is COC(=O)Nc1ccc2ccn3c(N)c(-c4ccc(F)cc4C)nc3c2c1. The second kappa shape index (κ2) is 6.28. The zero-order valence-electron chi connectivity index (χ0n) is 14.8. The predicted octanol–water partition coefficient (Wildman–Crippen LogP) is 4.36. The van der Waals surface area contributed by atoms with Crippen LogP contribution >= 0.6 is 0 Å². The summed E-state index contributed by atoms with van der Waals surface area (Å²) >= 11 is 0. The van der Waals surface area contributed by atoms with Crippen LogP contribution in [0.3, 0.4) is 0 Å². The Balaban J connectivity index is 1.93. The van der Waals surface area contributed by atoms with Crippen LogP contribution in [0.2, 0.25) is 0 Å². The number of aromatic nitrogens is 2. The van der Waals surface area contributed by atoms with Crippen molar-refractivity contribution in [2.75, 3.05) is 18.2 Å². The smallest absolute Gasteiger partial charge is 0.411 e. The van der Waals surface area contributed by atoms with E-state index in [-0.39, 0.29) is 5.82 Å². The Hall–Kier alpha value is -3.61. The fraction of sp³-hybridized carbons (Fsp3) is 0.100. The molecule has 0 aliphatic rings. The minimum absolute atomic E-state index is 0.303. The first-order valence-electron chi connectivity index (χ1n) is 8.29. The number of carbonyl (C=O) groups is 1. The molecule has 0 saturated heterocycles. The molecule has 136 valence electrons. The first-order valence-corrected chi connectivity index (χ1v) is 8.29. The van der Waals surface area contributed by atoms with Crippen LogP contribution < -0.4 is 11.1 Å². The maximum atomic E-state index is 13.5. The predicted molar refractivity (Wildman–Crippen MR) is 103 cm³/mol. The maximum absolute atomic E-state index is 13.5. The molecule has 0 atom stereocenters. The molecule has 0 bridgehead atoms. The number of rotatable bonds is 2. The van der Waals surface area contributed by atoms with Gasteiger partial charge in [0.05, 0.1) is 7.11 Å². The van der Waals surface area contributed by atoms with Crippen LogP contribution in [-0.2, 0) is 4.74 Å². The summed E-state index contributed by atoms with van der Waals surface area (Å²) in [7, 11) is 1.31.